The predicted octanol–water partition coefficient (Wildman–Crippen LogP) is 5.75. The molecule has 0 N–H and O–H groups in total. The number of pyridine rings is 1. The number of aromatic nitrogens is 1. The van der Waals surface area contributed by atoms with E-state index in [0.29, 0.717) is 5.92 Å². The van der Waals surface area contributed by atoms with E-state index in [2.05, 4.69) is 57.8 Å². The lowest BCUT2D eigenvalue weighted by molar-refractivity contribution is 0.873. The molecule has 1 aromatic carbocycles. The second-order valence-electron chi connectivity index (χ2n) is 4.72. The van der Waals surface area contributed by atoms with Crippen LogP contribution >= 0.6 is 0 Å². The van der Waals surface area contributed by atoms with Gasteiger partial charge in [0.15, 0.2) is 0 Å². The van der Waals surface area contributed by atoms with Crippen LogP contribution in [0.25, 0.3) is 16.5 Å². The van der Waals surface area contributed by atoms with Gasteiger partial charge < -0.3 is 0 Å². The molecule has 1 heteroatoms. The van der Waals surface area contributed by atoms with E-state index in [-0.39, 0.29) is 0 Å². The molecule has 0 saturated carbocycles. The van der Waals surface area contributed by atoms with E-state index in [9.17, 15) is 0 Å². The summed E-state index contributed by atoms with van der Waals surface area (Å²) in [5, 5.41) is 1.25. The Balaban J connectivity index is 0.000000956. The summed E-state index contributed by atoms with van der Waals surface area (Å²) >= 11 is 0. The van der Waals surface area contributed by atoms with Crippen LogP contribution in [0.3, 0.4) is 0 Å². The van der Waals surface area contributed by atoms with Crippen molar-refractivity contribution in [3.05, 3.63) is 73.5 Å². The quantitative estimate of drug-likeness (QED) is 0.508. The van der Waals surface area contributed by atoms with Crippen molar-refractivity contribution < 1.29 is 0 Å². The maximum atomic E-state index is 4.72. The maximum Gasteiger partial charge on any atom is 0.0712 e. The first-order valence-electron chi connectivity index (χ1n) is 6.86. The fourth-order valence-corrected chi connectivity index (χ4v) is 2.20. The molecule has 0 radical (unpaired) electrons. The Bertz CT molecular complexity index is 621. The molecule has 0 unspecified atom stereocenters. The van der Waals surface area contributed by atoms with Crippen molar-refractivity contribution in [3.8, 4) is 0 Å². The van der Waals surface area contributed by atoms with Crippen LogP contribution in [-0.2, 0) is 0 Å². The molecule has 0 atom stereocenters. The van der Waals surface area contributed by atoms with Crippen LogP contribution in [0.2, 0.25) is 0 Å². The summed E-state index contributed by atoms with van der Waals surface area (Å²) in [6, 6.07) is 10.5. The third-order valence-corrected chi connectivity index (χ3v) is 3.20. The second kappa shape index (κ2) is 7.44. The molecule has 0 spiro atoms. The number of nitrogens with zero attached hydrogens (tertiary/aromatic N) is 1. The molecule has 0 bridgehead atoms. The highest BCUT2D eigenvalue weighted by atomic mass is 14.7. The number of hydrogen-bond donors (Lipinski definition) is 0. The van der Waals surface area contributed by atoms with Crippen molar-refractivity contribution in [2.24, 2.45) is 0 Å². The maximum absolute atomic E-state index is 4.72. The average molecular weight is 265 g/mol. The molecular formula is C19H23N. The summed E-state index contributed by atoms with van der Waals surface area (Å²) in [6.45, 7) is 16.3. The van der Waals surface area contributed by atoms with Crippen molar-refractivity contribution >= 4 is 16.5 Å². The number of benzene rings is 1. The second-order valence-corrected chi connectivity index (χ2v) is 4.72. The minimum absolute atomic E-state index is 0.486. The molecule has 1 nitrogen and oxygen atoms in total. The number of para-hydroxylation sites is 1. The zero-order chi connectivity index (χ0) is 15.1. The number of rotatable bonds is 3. The van der Waals surface area contributed by atoms with Crippen molar-refractivity contribution in [1.82, 2.24) is 4.98 Å². The molecule has 20 heavy (non-hydrogen) atoms. The van der Waals surface area contributed by atoms with Crippen LogP contribution in [0.4, 0.5) is 0 Å². The topological polar surface area (TPSA) is 12.9 Å². The Labute approximate surface area is 122 Å². The Morgan fingerprint density at radius 2 is 1.85 bits per heavy atom. The normalized spacial score (nSPS) is 11.1. The van der Waals surface area contributed by atoms with Crippen LogP contribution in [0, 0.1) is 0 Å². The van der Waals surface area contributed by atoms with Gasteiger partial charge in [0, 0.05) is 5.39 Å². The van der Waals surface area contributed by atoms with E-state index in [1.54, 1.807) is 0 Å². The summed E-state index contributed by atoms with van der Waals surface area (Å²) in [7, 11) is 0. The van der Waals surface area contributed by atoms with Gasteiger partial charge in [-0.2, -0.15) is 0 Å². The lowest BCUT2D eigenvalue weighted by Gasteiger charge is -2.12. The summed E-state index contributed by atoms with van der Waals surface area (Å²) in [5.74, 6) is 0.486. The van der Waals surface area contributed by atoms with Crippen LogP contribution in [0.1, 0.15) is 37.9 Å². The number of allylic oxidation sites excluding steroid dienone is 3. The summed E-state index contributed by atoms with van der Waals surface area (Å²) < 4.78 is 0. The van der Waals surface area contributed by atoms with E-state index in [4.69, 9.17) is 4.98 Å². The van der Waals surface area contributed by atoms with Crippen molar-refractivity contribution in [2.45, 2.75) is 26.7 Å². The van der Waals surface area contributed by atoms with Gasteiger partial charge in [-0.15, -0.1) is 13.2 Å². The first-order chi connectivity index (χ1) is 9.67. The monoisotopic (exact) mass is 265 g/mol. The molecule has 1 aromatic heterocycles. The molecule has 0 fully saturated rings. The molecule has 0 aliphatic carbocycles. The highest BCUT2D eigenvalue weighted by Gasteiger charge is 2.09. The lowest BCUT2D eigenvalue weighted by Crippen LogP contribution is -1.96. The highest BCUT2D eigenvalue weighted by molar-refractivity contribution is 5.86. The third-order valence-electron chi connectivity index (χ3n) is 3.20. The fraction of sp³-hybridized carbons (Fsp3) is 0.211. The van der Waals surface area contributed by atoms with Gasteiger partial charge in [-0.3, -0.25) is 0 Å². The SMILES string of the molecule is C=C.C=C/C(=C\C)c1cc(C(C)C)c2ccccc2n1. The average Bonchev–Trinajstić information content (AvgIpc) is 2.49. The highest BCUT2D eigenvalue weighted by Crippen LogP contribution is 2.27. The van der Waals surface area contributed by atoms with Crippen LogP contribution in [-0.4, -0.2) is 4.98 Å². The molecule has 2 aromatic rings. The molecule has 2 rings (SSSR count). The van der Waals surface area contributed by atoms with Crippen LogP contribution in [0.15, 0.2) is 62.2 Å². The number of hydrogen-bond acceptors (Lipinski definition) is 1. The molecule has 0 aliphatic heterocycles. The van der Waals surface area contributed by atoms with Gasteiger partial charge in [0.05, 0.1) is 11.2 Å². The van der Waals surface area contributed by atoms with E-state index >= 15 is 0 Å². The minimum atomic E-state index is 0.486. The molecular weight excluding hydrogens is 242 g/mol. The first-order valence-corrected chi connectivity index (χ1v) is 6.86. The first kappa shape index (κ1) is 15.9. The predicted molar refractivity (Wildman–Crippen MR) is 90.9 cm³/mol. The smallest absolute Gasteiger partial charge is 0.0712 e. The van der Waals surface area contributed by atoms with Gasteiger partial charge in [0.2, 0.25) is 0 Å². The summed E-state index contributed by atoms with van der Waals surface area (Å²) in [4.78, 5) is 4.72. The van der Waals surface area contributed by atoms with Crippen LogP contribution < -0.4 is 0 Å². The van der Waals surface area contributed by atoms with E-state index in [1.807, 2.05) is 25.1 Å². The van der Waals surface area contributed by atoms with Gasteiger partial charge in [-0.25, -0.2) is 4.98 Å². The third kappa shape index (κ3) is 3.24. The summed E-state index contributed by atoms with van der Waals surface area (Å²) in [6.07, 6.45) is 3.91. The Morgan fingerprint density at radius 1 is 1.20 bits per heavy atom. The largest absolute Gasteiger partial charge is 0.248 e. The Kier molecular flexibility index (Phi) is 5.92. The standard InChI is InChI=1S/C17H19N.C2H4/c1-5-13(6-2)17-11-15(12(3)4)14-9-7-8-10-16(14)18-17;1-2/h5-12H,1H2,2-4H3;1-2H2/b13-6+;. The molecule has 0 saturated heterocycles. The molecule has 104 valence electrons. The molecule has 1 heterocycles. The van der Waals surface area contributed by atoms with Crippen LogP contribution in [0.5, 0.6) is 0 Å². The Morgan fingerprint density at radius 3 is 2.40 bits per heavy atom. The summed E-state index contributed by atoms with van der Waals surface area (Å²) in [5.41, 5.74) is 4.49. The van der Waals surface area contributed by atoms with Crippen molar-refractivity contribution in [2.75, 3.05) is 0 Å². The van der Waals surface area contributed by atoms with Crippen molar-refractivity contribution in [1.29, 1.82) is 0 Å². The Hall–Kier alpha value is -2.15. The lowest BCUT2D eigenvalue weighted by atomic mass is 9.96. The molecule has 0 aliphatic rings. The minimum Gasteiger partial charge on any atom is -0.248 e. The van der Waals surface area contributed by atoms with Gasteiger partial charge in [0.25, 0.3) is 0 Å². The zero-order valence-electron chi connectivity index (χ0n) is 12.7. The van der Waals surface area contributed by atoms with E-state index < -0.39 is 0 Å². The fourth-order valence-electron chi connectivity index (χ4n) is 2.20. The van der Waals surface area contributed by atoms with Gasteiger partial charge >= 0.3 is 0 Å². The van der Waals surface area contributed by atoms with Gasteiger partial charge in [0.1, 0.15) is 0 Å². The van der Waals surface area contributed by atoms with E-state index in [1.165, 1.54) is 10.9 Å². The van der Waals surface area contributed by atoms with Gasteiger partial charge in [-0.05, 0) is 36.1 Å². The zero-order valence-corrected chi connectivity index (χ0v) is 12.7. The molecule has 0 amide bonds. The van der Waals surface area contributed by atoms with E-state index in [0.717, 1.165) is 16.8 Å². The number of fused-ring (bicyclic) bond motifs is 1. The van der Waals surface area contributed by atoms with Gasteiger partial charge in [-0.1, -0.05) is 50.8 Å². The van der Waals surface area contributed by atoms with Crippen molar-refractivity contribution in [3.63, 3.8) is 0 Å².